The lowest BCUT2D eigenvalue weighted by molar-refractivity contribution is 0.517. The summed E-state index contributed by atoms with van der Waals surface area (Å²) in [5.41, 5.74) is 6.13. The number of rotatable bonds is 5. The lowest BCUT2D eigenvalue weighted by atomic mass is 10.0. The van der Waals surface area contributed by atoms with E-state index in [1.807, 2.05) is 35.9 Å². The van der Waals surface area contributed by atoms with Gasteiger partial charge in [0.2, 0.25) is 0 Å². The van der Waals surface area contributed by atoms with Crippen LogP contribution >= 0.6 is 11.6 Å². The number of aromatic nitrogens is 2. The number of halogens is 1. The predicted molar refractivity (Wildman–Crippen MR) is 77.9 cm³/mol. The Morgan fingerprint density at radius 3 is 2.84 bits per heavy atom. The van der Waals surface area contributed by atoms with E-state index in [1.54, 1.807) is 0 Å². The molecule has 0 aliphatic heterocycles. The normalized spacial score (nSPS) is 12.6. The first-order valence-electron chi connectivity index (χ1n) is 6.39. The van der Waals surface area contributed by atoms with Gasteiger partial charge in [0, 0.05) is 23.7 Å². The lowest BCUT2D eigenvalue weighted by Crippen LogP contribution is -2.30. The molecule has 0 spiro atoms. The summed E-state index contributed by atoms with van der Waals surface area (Å²) in [5.74, 6) is 5.68. The summed E-state index contributed by atoms with van der Waals surface area (Å²) in [5, 5.41) is 5.17. The summed E-state index contributed by atoms with van der Waals surface area (Å²) in [6, 6.07) is 9.88. The van der Waals surface area contributed by atoms with Crippen LogP contribution in [0.2, 0.25) is 5.02 Å². The topological polar surface area (TPSA) is 55.9 Å². The molecule has 1 aromatic heterocycles. The smallest absolute Gasteiger partial charge is 0.0596 e. The van der Waals surface area contributed by atoms with Gasteiger partial charge in [-0.3, -0.25) is 16.0 Å². The molecule has 0 fully saturated rings. The number of nitrogens with one attached hydrogen (secondary N) is 1. The van der Waals surface area contributed by atoms with Crippen LogP contribution in [0.5, 0.6) is 0 Å². The average molecular weight is 279 g/mol. The molecule has 2 aromatic rings. The number of aryl methyl sites for hydroxylation is 2. The second-order valence-electron chi connectivity index (χ2n) is 4.57. The minimum atomic E-state index is 0.0279. The Morgan fingerprint density at radius 1 is 1.42 bits per heavy atom. The molecular weight excluding hydrogens is 260 g/mol. The lowest BCUT2D eigenvalue weighted by Gasteiger charge is -2.17. The van der Waals surface area contributed by atoms with Crippen molar-refractivity contribution in [3.63, 3.8) is 0 Å². The van der Waals surface area contributed by atoms with Gasteiger partial charge >= 0.3 is 0 Å². The molecule has 1 unspecified atom stereocenters. The second kappa shape index (κ2) is 6.19. The summed E-state index contributed by atoms with van der Waals surface area (Å²) in [6.45, 7) is 4.94. The predicted octanol–water partition coefficient (Wildman–Crippen LogP) is 2.61. The zero-order valence-corrected chi connectivity index (χ0v) is 12.0. The summed E-state index contributed by atoms with van der Waals surface area (Å²) < 4.78 is 2.00. The number of nitrogens with two attached hydrogens (primary N) is 1. The van der Waals surface area contributed by atoms with Crippen LogP contribution < -0.4 is 11.3 Å². The van der Waals surface area contributed by atoms with Crippen LogP contribution in [0.25, 0.3) is 0 Å². The zero-order valence-electron chi connectivity index (χ0n) is 11.2. The molecule has 1 atom stereocenters. The molecule has 4 nitrogen and oxygen atoms in total. The molecule has 0 radical (unpaired) electrons. The molecule has 1 aromatic carbocycles. The van der Waals surface area contributed by atoms with E-state index in [1.165, 1.54) is 5.69 Å². The minimum Gasteiger partial charge on any atom is -0.271 e. The van der Waals surface area contributed by atoms with Crippen molar-refractivity contribution in [3.05, 3.63) is 52.3 Å². The summed E-state index contributed by atoms with van der Waals surface area (Å²) in [7, 11) is 0. The van der Waals surface area contributed by atoms with E-state index in [0.717, 1.165) is 29.2 Å². The van der Waals surface area contributed by atoms with Gasteiger partial charge in [-0.2, -0.15) is 5.10 Å². The first-order valence-corrected chi connectivity index (χ1v) is 6.76. The van der Waals surface area contributed by atoms with E-state index >= 15 is 0 Å². The number of hydrogen-bond donors (Lipinski definition) is 2. The minimum absolute atomic E-state index is 0.0279. The van der Waals surface area contributed by atoms with Gasteiger partial charge in [0.25, 0.3) is 0 Å². The Bertz CT molecular complexity index is 550. The monoisotopic (exact) mass is 278 g/mol. The van der Waals surface area contributed by atoms with Gasteiger partial charge in [-0.15, -0.1) is 0 Å². The molecule has 0 saturated heterocycles. The molecule has 0 amide bonds. The van der Waals surface area contributed by atoms with E-state index in [4.69, 9.17) is 17.4 Å². The molecular formula is C14H19ClN4. The Labute approximate surface area is 118 Å². The van der Waals surface area contributed by atoms with Gasteiger partial charge in [0.1, 0.15) is 0 Å². The summed E-state index contributed by atoms with van der Waals surface area (Å²) in [6.07, 6.45) is 0.783. The Hall–Kier alpha value is -1.36. The molecule has 5 heteroatoms. The average Bonchev–Trinajstić information content (AvgIpc) is 2.76. The van der Waals surface area contributed by atoms with Crippen molar-refractivity contribution in [1.29, 1.82) is 0 Å². The third kappa shape index (κ3) is 3.35. The first kappa shape index (κ1) is 14.1. The van der Waals surface area contributed by atoms with Gasteiger partial charge in [0.05, 0.1) is 11.7 Å². The van der Waals surface area contributed by atoms with E-state index in [2.05, 4.69) is 23.5 Å². The molecule has 19 heavy (non-hydrogen) atoms. The number of hydrazine groups is 1. The molecule has 2 rings (SSSR count). The van der Waals surface area contributed by atoms with Crippen LogP contribution in [0, 0.1) is 6.92 Å². The van der Waals surface area contributed by atoms with Gasteiger partial charge in [-0.25, -0.2) is 0 Å². The van der Waals surface area contributed by atoms with Crippen molar-refractivity contribution < 1.29 is 0 Å². The molecule has 102 valence electrons. The quantitative estimate of drug-likeness (QED) is 0.653. The molecule has 0 bridgehead atoms. The number of nitrogens with zero attached hydrogens (tertiary/aromatic N) is 2. The Balaban J connectivity index is 2.23. The Morgan fingerprint density at radius 2 is 2.21 bits per heavy atom. The van der Waals surface area contributed by atoms with Crippen LogP contribution in [0.15, 0.2) is 30.3 Å². The highest BCUT2D eigenvalue weighted by Gasteiger charge is 2.14. The first-order chi connectivity index (χ1) is 9.13. The SMILES string of the molecule is CCn1nc(C)cc1CC(NN)c1cccc(Cl)c1. The molecule has 0 saturated carbocycles. The molecule has 1 heterocycles. The Kier molecular flexibility index (Phi) is 4.58. The number of benzene rings is 1. The van der Waals surface area contributed by atoms with Crippen molar-refractivity contribution in [3.8, 4) is 0 Å². The van der Waals surface area contributed by atoms with Crippen LogP contribution in [-0.2, 0) is 13.0 Å². The van der Waals surface area contributed by atoms with E-state index in [0.29, 0.717) is 0 Å². The fourth-order valence-corrected chi connectivity index (χ4v) is 2.44. The van der Waals surface area contributed by atoms with E-state index in [9.17, 15) is 0 Å². The van der Waals surface area contributed by atoms with Crippen molar-refractivity contribution >= 4 is 11.6 Å². The van der Waals surface area contributed by atoms with Gasteiger partial charge in [-0.05, 0) is 37.6 Å². The molecule has 0 aliphatic rings. The maximum Gasteiger partial charge on any atom is 0.0596 e. The third-order valence-electron chi connectivity index (χ3n) is 3.15. The third-order valence-corrected chi connectivity index (χ3v) is 3.39. The van der Waals surface area contributed by atoms with Crippen molar-refractivity contribution in [1.82, 2.24) is 15.2 Å². The van der Waals surface area contributed by atoms with Gasteiger partial charge in [0.15, 0.2) is 0 Å². The molecule has 3 N–H and O–H groups in total. The van der Waals surface area contributed by atoms with Crippen molar-refractivity contribution in [2.24, 2.45) is 5.84 Å². The van der Waals surface area contributed by atoms with Crippen LogP contribution in [-0.4, -0.2) is 9.78 Å². The van der Waals surface area contributed by atoms with E-state index in [-0.39, 0.29) is 6.04 Å². The van der Waals surface area contributed by atoms with E-state index < -0.39 is 0 Å². The summed E-state index contributed by atoms with van der Waals surface area (Å²) >= 11 is 6.03. The van der Waals surface area contributed by atoms with Crippen molar-refractivity contribution in [2.45, 2.75) is 32.9 Å². The van der Waals surface area contributed by atoms with Crippen molar-refractivity contribution in [2.75, 3.05) is 0 Å². The molecule has 0 aliphatic carbocycles. The highest BCUT2D eigenvalue weighted by molar-refractivity contribution is 6.30. The van der Waals surface area contributed by atoms with Gasteiger partial charge in [-0.1, -0.05) is 23.7 Å². The number of hydrogen-bond acceptors (Lipinski definition) is 3. The highest BCUT2D eigenvalue weighted by Crippen LogP contribution is 2.21. The van der Waals surface area contributed by atoms with Crippen LogP contribution in [0.4, 0.5) is 0 Å². The van der Waals surface area contributed by atoms with Crippen LogP contribution in [0.3, 0.4) is 0 Å². The van der Waals surface area contributed by atoms with Gasteiger partial charge < -0.3 is 0 Å². The largest absolute Gasteiger partial charge is 0.271 e. The summed E-state index contributed by atoms with van der Waals surface area (Å²) in [4.78, 5) is 0. The highest BCUT2D eigenvalue weighted by atomic mass is 35.5. The maximum atomic E-state index is 6.03. The maximum absolute atomic E-state index is 6.03. The van der Waals surface area contributed by atoms with Crippen LogP contribution in [0.1, 0.15) is 29.9 Å². The fourth-order valence-electron chi connectivity index (χ4n) is 2.24. The second-order valence-corrected chi connectivity index (χ2v) is 5.01. The zero-order chi connectivity index (χ0) is 13.8. The fraction of sp³-hybridized carbons (Fsp3) is 0.357. The standard InChI is InChI=1S/C14H19ClN4/c1-3-19-13(7-10(2)18-19)9-14(17-16)11-5-4-6-12(15)8-11/h4-8,14,17H,3,9,16H2,1-2H3.